The summed E-state index contributed by atoms with van der Waals surface area (Å²) in [7, 11) is 0. The van der Waals surface area contributed by atoms with Crippen LogP contribution in [-0.4, -0.2) is 22.4 Å². The van der Waals surface area contributed by atoms with Gasteiger partial charge in [-0.2, -0.15) is 5.10 Å². The monoisotopic (exact) mass is 266 g/mol. The Morgan fingerprint density at radius 2 is 2.05 bits per heavy atom. The van der Waals surface area contributed by atoms with Gasteiger partial charge < -0.3 is 4.74 Å². The van der Waals surface area contributed by atoms with Gasteiger partial charge in [0.15, 0.2) is 0 Å². The molecule has 0 atom stereocenters. The van der Waals surface area contributed by atoms with Crippen molar-refractivity contribution in [2.75, 3.05) is 6.61 Å². The van der Waals surface area contributed by atoms with E-state index in [-0.39, 0.29) is 24.3 Å². The zero-order valence-corrected chi connectivity index (χ0v) is 10.3. The third kappa shape index (κ3) is 2.96. The largest absolute Gasteiger partial charge is 0.462 e. The van der Waals surface area contributed by atoms with Crippen LogP contribution in [0.4, 0.5) is 8.78 Å². The Morgan fingerprint density at radius 1 is 1.37 bits per heavy atom. The van der Waals surface area contributed by atoms with Gasteiger partial charge in [0.05, 0.1) is 24.9 Å². The Labute approximate surface area is 108 Å². The average molecular weight is 266 g/mol. The summed E-state index contributed by atoms with van der Waals surface area (Å²) in [5.74, 6) is -1.80. The lowest BCUT2D eigenvalue weighted by molar-refractivity contribution is 0.0526. The molecule has 100 valence electrons. The molecule has 19 heavy (non-hydrogen) atoms. The molecule has 1 heterocycles. The van der Waals surface area contributed by atoms with Gasteiger partial charge >= 0.3 is 5.97 Å². The van der Waals surface area contributed by atoms with Crippen LogP contribution < -0.4 is 0 Å². The maximum absolute atomic E-state index is 13.4. The lowest BCUT2D eigenvalue weighted by atomic mass is 10.2. The van der Waals surface area contributed by atoms with Crippen LogP contribution in [0.15, 0.2) is 30.6 Å². The minimum Gasteiger partial charge on any atom is -0.462 e. The van der Waals surface area contributed by atoms with E-state index in [9.17, 15) is 13.6 Å². The van der Waals surface area contributed by atoms with Gasteiger partial charge in [-0.05, 0) is 19.1 Å². The van der Waals surface area contributed by atoms with Crippen LogP contribution in [0, 0.1) is 11.6 Å². The first kappa shape index (κ1) is 13.2. The molecular formula is C13H12F2N2O2. The lowest BCUT2D eigenvalue weighted by Crippen LogP contribution is -2.06. The molecule has 0 spiro atoms. The molecule has 0 unspecified atom stereocenters. The van der Waals surface area contributed by atoms with E-state index >= 15 is 0 Å². The van der Waals surface area contributed by atoms with Gasteiger partial charge in [-0.1, -0.05) is 6.07 Å². The van der Waals surface area contributed by atoms with E-state index in [1.165, 1.54) is 35.3 Å². The fraction of sp³-hybridized carbons (Fsp3) is 0.231. The lowest BCUT2D eigenvalue weighted by Gasteiger charge is -2.04. The number of carbonyl (C=O) groups excluding carboxylic acids is 1. The topological polar surface area (TPSA) is 44.1 Å². The summed E-state index contributed by atoms with van der Waals surface area (Å²) in [6, 6.07) is 3.64. The minimum atomic E-state index is -0.645. The molecular weight excluding hydrogens is 254 g/mol. The highest BCUT2D eigenvalue weighted by Gasteiger charge is 2.12. The predicted octanol–water partition coefficient (Wildman–Crippen LogP) is 2.39. The molecule has 2 rings (SSSR count). The fourth-order valence-corrected chi connectivity index (χ4v) is 1.62. The average Bonchev–Trinajstić information content (AvgIpc) is 2.83. The van der Waals surface area contributed by atoms with Crippen molar-refractivity contribution in [2.24, 2.45) is 0 Å². The molecule has 6 heteroatoms. The van der Waals surface area contributed by atoms with Gasteiger partial charge in [0.2, 0.25) is 0 Å². The fourth-order valence-electron chi connectivity index (χ4n) is 1.62. The number of ether oxygens (including phenoxy) is 1. The number of rotatable bonds is 4. The second-order valence-corrected chi connectivity index (χ2v) is 3.85. The Morgan fingerprint density at radius 3 is 2.68 bits per heavy atom. The van der Waals surface area contributed by atoms with Crippen LogP contribution in [0.5, 0.6) is 0 Å². The Hall–Kier alpha value is -2.24. The van der Waals surface area contributed by atoms with Crippen molar-refractivity contribution < 1.29 is 18.3 Å². The maximum Gasteiger partial charge on any atom is 0.341 e. The zero-order chi connectivity index (χ0) is 13.8. The van der Waals surface area contributed by atoms with Gasteiger partial charge in [-0.15, -0.1) is 0 Å². The van der Waals surface area contributed by atoms with E-state index in [1.807, 2.05) is 0 Å². The Kier molecular flexibility index (Phi) is 3.89. The molecule has 1 aromatic carbocycles. The van der Waals surface area contributed by atoms with E-state index in [0.717, 1.165) is 0 Å². The van der Waals surface area contributed by atoms with E-state index < -0.39 is 17.6 Å². The number of esters is 1. The summed E-state index contributed by atoms with van der Waals surface area (Å²) in [4.78, 5) is 11.4. The van der Waals surface area contributed by atoms with E-state index in [0.29, 0.717) is 0 Å². The van der Waals surface area contributed by atoms with E-state index in [4.69, 9.17) is 4.74 Å². The molecule has 0 aliphatic carbocycles. The van der Waals surface area contributed by atoms with Crippen LogP contribution in [0.1, 0.15) is 22.8 Å². The summed E-state index contributed by atoms with van der Waals surface area (Å²) < 4.78 is 33.0. The normalized spacial score (nSPS) is 10.5. The molecule has 2 aromatic rings. The van der Waals surface area contributed by atoms with Crippen LogP contribution in [-0.2, 0) is 11.3 Å². The number of aromatic nitrogens is 2. The molecule has 0 aliphatic heterocycles. The number of hydrogen-bond acceptors (Lipinski definition) is 3. The molecule has 0 bridgehead atoms. The summed E-state index contributed by atoms with van der Waals surface area (Å²) in [6.45, 7) is 1.86. The number of carbonyl (C=O) groups is 1. The van der Waals surface area contributed by atoms with Crippen molar-refractivity contribution in [1.29, 1.82) is 0 Å². The van der Waals surface area contributed by atoms with Crippen molar-refractivity contribution in [1.82, 2.24) is 9.78 Å². The molecule has 4 nitrogen and oxygen atoms in total. The van der Waals surface area contributed by atoms with Crippen LogP contribution >= 0.6 is 0 Å². The molecule has 0 aliphatic rings. The van der Waals surface area contributed by atoms with Gasteiger partial charge in [-0.25, -0.2) is 13.6 Å². The highest BCUT2D eigenvalue weighted by molar-refractivity contribution is 5.88. The molecule has 1 aromatic heterocycles. The standard InChI is InChI=1S/C13H12F2N2O2/c1-2-19-13(18)9-6-16-17(7-9)8-10-11(14)4-3-5-12(10)15/h3-7H,2,8H2,1H3. The number of hydrogen-bond donors (Lipinski definition) is 0. The molecule has 0 N–H and O–H groups in total. The molecule has 0 saturated carbocycles. The van der Waals surface area contributed by atoms with Crippen molar-refractivity contribution >= 4 is 5.97 Å². The van der Waals surface area contributed by atoms with Crippen molar-refractivity contribution in [3.05, 3.63) is 53.4 Å². The van der Waals surface area contributed by atoms with Crippen LogP contribution in [0.2, 0.25) is 0 Å². The van der Waals surface area contributed by atoms with Gasteiger partial charge in [0, 0.05) is 11.8 Å². The Balaban J connectivity index is 2.18. The van der Waals surface area contributed by atoms with Gasteiger partial charge in [0.1, 0.15) is 11.6 Å². The smallest absolute Gasteiger partial charge is 0.341 e. The van der Waals surface area contributed by atoms with Gasteiger partial charge in [-0.3, -0.25) is 4.68 Å². The maximum atomic E-state index is 13.4. The summed E-state index contributed by atoms with van der Waals surface area (Å²) in [5.41, 5.74) is 0.152. The Bertz CT molecular complexity index is 576. The summed E-state index contributed by atoms with van der Waals surface area (Å²) in [6.07, 6.45) is 2.70. The predicted molar refractivity (Wildman–Crippen MR) is 63.6 cm³/mol. The number of nitrogens with zero attached hydrogens (tertiary/aromatic N) is 2. The highest BCUT2D eigenvalue weighted by atomic mass is 19.1. The zero-order valence-electron chi connectivity index (χ0n) is 10.3. The first-order chi connectivity index (χ1) is 9.11. The molecule has 0 fully saturated rings. The van der Waals surface area contributed by atoms with Crippen LogP contribution in [0.3, 0.4) is 0 Å². The van der Waals surface area contributed by atoms with Crippen LogP contribution in [0.25, 0.3) is 0 Å². The molecule has 0 saturated heterocycles. The SMILES string of the molecule is CCOC(=O)c1cnn(Cc2c(F)cccc2F)c1. The highest BCUT2D eigenvalue weighted by Crippen LogP contribution is 2.13. The van der Waals surface area contributed by atoms with Crippen molar-refractivity contribution in [2.45, 2.75) is 13.5 Å². The van der Waals surface area contributed by atoms with Crippen molar-refractivity contribution in [3.63, 3.8) is 0 Å². The van der Waals surface area contributed by atoms with Gasteiger partial charge in [0.25, 0.3) is 0 Å². The molecule has 0 amide bonds. The van der Waals surface area contributed by atoms with E-state index in [2.05, 4.69) is 5.10 Å². The first-order valence-corrected chi connectivity index (χ1v) is 5.74. The first-order valence-electron chi connectivity index (χ1n) is 5.74. The van der Waals surface area contributed by atoms with E-state index in [1.54, 1.807) is 6.92 Å². The summed E-state index contributed by atoms with van der Waals surface area (Å²) >= 11 is 0. The third-order valence-corrected chi connectivity index (χ3v) is 2.53. The number of benzene rings is 1. The minimum absolute atomic E-state index is 0.0854. The second-order valence-electron chi connectivity index (χ2n) is 3.85. The summed E-state index contributed by atoms with van der Waals surface area (Å²) in [5, 5.41) is 3.88. The molecule has 0 radical (unpaired) electrons. The third-order valence-electron chi connectivity index (χ3n) is 2.53. The quantitative estimate of drug-likeness (QED) is 0.798. The second kappa shape index (κ2) is 5.60. The number of halogens is 2. The van der Waals surface area contributed by atoms with Crippen molar-refractivity contribution in [3.8, 4) is 0 Å².